The topological polar surface area (TPSA) is 92.2 Å². The minimum Gasteiger partial charge on any atom is -0.466 e. The fourth-order valence-electron chi connectivity index (χ4n) is 1.54. The minimum atomic E-state index is -0.616. The Kier molecular flexibility index (Phi) is 5.87. The number of aromatic amines is 1. The number of esters is 2. The molecular weight excluding hydrogens is 280 g/mol. The maximum absolute atomic E-state index is 11.8. The van der Waals surface area contributed by atoms with Crippen LogP contribution in [0, 0.1) is 16.0 Å². The van der Waals surface area contributed by atoms with Gasteiger partial charge in [-0.25, -0.2) is 4.79 Å². The lowest BCUT2D eigenvalue weighted by atomic mass is 10.1. The summed E-state index contributed by atoms with van der Waals surface area (Å²) in [6.45, 7) is 3.78. The minimum absolute atomic E-state index is 0.116. The van der Waals surface area contributed by atoms with Crippen LogP contribution in [0.2, 0.25) is 0 Å². The number of nitrogens with one attached hydrogen (secondary N) is 1. The second-order valence-electron chi connectivity index (χ2n) is 3.72. The Morgan fingerprint density at radius 2 is 2.00 bits per heavy atom. The SMILES string of the molecule is CCOC(=O)Cc1[nH]c(=S)c(C#N)cc1C(=O)OCC. The summed E-state index contributed by atoms with van der Waals surface area (Å²) >= 11 is 4.98. The van der Waals surface area contributed by atoms with E-state index in [1.807, 2.05) is 6.07 Å². The van der Waals surface area contributed by atoms with E-state index in [-0.39, 0.29) is 41.1 Å². The third-order valence-corrected chi connectivity index (χ3v) is 2.69. The first-order chi connectivity index (χ1) is 9.53. The highest BCUT2D eigenvalue weighted by atomic mass is 32.1. The number of carbonyl (C=O) groups is 2. The number of carbonyl (C=O) groups excluding carboxylic acids is 2. The Hall–Kier alpha value is -2.20. The largest absolute Gasteiger partial charge is 0.466 e. The van der Waals surface area contributed by atoms with Gasteiger partial charge in [0, 0.05) is 5.69 Å². The molecule has 0 radical (unpaired) electrons. The first-order valence-electron chi connectivity index (χ1n) is 6.02. The number of ether oxygens (including phenoxy) is 2. The molecule has 20 heavy (non-hydrogen) atoms. The van der Waals surface area contributed by atoms with E-state index in [9.17, 15) is 9.59 Å². The lowest BCUT2D eigenvalue weighted by molar-refractivity contribution is -0.142. The average molecular weight is 294 g/mol. The van der Waals surface area contributed by atoms with Crippen LogP contribution < -0.4 is 0 Å². The van der Waals surface area contributed by atoms with Crippen molar-refractivity contribution in [3.63, 3.8) is 0 Å². The second kappa shape index (κ2) is 7.40. The molecule has 1 rings (SSSR count). The zero-order valence-electron chi connectivity index (χ0n) is 11.2. The van der Waals surface area contributed by atoms with Gasteiger partial charge in [0.15, 0.2) is 0 Å². The summed E-state index contributed by atoms with van der Waals surface area (Å²) in [6, 6.07) is 3.20. The molecule has 0 aliphatic rings. The van der Waals surface area contributed by atoms with Gasteiger partial charge in [0.25, 0.3) is 0 Å². The summed E-state index contributed by atoms with van der Waals surface area (Å²) in [4.78, 5) is 26.1. The van der Waals surface area contributed by atoms with Gasteiger partial charge < -0.3 is 14.5 Å². The molecule has 0 aliphatic heterocycles. The Morgan fingerprint density at radius 1 is 1.35 bits per heavy atom. The van der Waals surface area contributed by atoms with Crippen molar-refractivity contribution >= 4 is 24.2 Å². The third kappa shape index (κ3) is 3.90. The van der Waals surface area contributed by atoms with Gasteiger partial charge >= 0.3 is 11.9 Å². The number of nitriles is 1. The summed E-state index contributed by atoms with van der Waals surface area (Å²) in [5.74, 6) is -1.11. The van der Waals surface area contributed by atoms with Crippen molar-refractivity contribution in [2.75, 3.05) is 13.2 Å². The fraction of sp³-hybridized carbons (Fsp3) is 0.385. The summed E-state index contributed by atoms with van der Waals surface area (Å²) in [7, 11) is 0. The number of hydrogen-bond acceptors (Lipinski definition) is 6. The molecule has 0 fully saturated rings. The summed E-state index contributed by atoms with van der Waals surface area (Å²) in [5.41, 5.74) is 0.548. The maximum Gasteiger partial charge on any atom is 0.339 e. The summed E-state index contributed by atoms with van der Waals surface area (Å²) < 4.78 is 9.89. The van der Waals surface area contributed by atoms with Crippen LogP contribution >= 0.6 is 12.2 Å². The van der Waals surface area contributed by atoms with E-state index in [1.165, 1.54) is 6.07 Å². The quantitative estimate of drug-likeness (QED) is 0.658. The van der Waals surface area contributed by atoms with Crippen LogP contribution in [0.1, 0.15) is 35.5 Å². The average Bonchev–Trinajstić information content (AvgIpc) is 2.39. The standard InChI is InChI=1S/C13H14N2O4S/c1-3-18-11(16)6-10-9(13(17)19-4-2)5-8(7-14)12(20)15-10/h5H,3-4,6H2,1-2H3,(H,15,20). The van der Waals surface area contributed by atoms with Gasteiger partial charge in [-0.05, 0) is 19.9 Å². The zero-order valence-corrected chi connectivity index (χ0v) is 12.0. The van der Waals surface area contributed by atoms with Gasteiger partial charge in [-0.1, -0.05) is 12.2 Å². The molecule has 0 saturated heterocycles. The molecule has 1 N–H and O–H groups in total. The first kappa shape index (κ1) is 15.9. The van der Waals surface area contributed by atoms with E-state index in [4.69, 9.17) is 27.0 Å². The number of pyridine rings is 1. The van der Waals surface area contributed by atoms with Gasteiger partial charge in [-0.3, -0.25) is 4.79 Å². The van der Waals surface area contributed by atoms with Crippen LogP contribution in [0.3, 0.4) is 0 Å². The van der Waals surface area contributed by atoms with E-state index >= 15 is 0 Å². The molecule has 0 unspecified atom stereocenters. The number of hydrogen-bond donors (Lipinski definition) is 1. The lowest BCUT2D eigenvalue weighted by Gasteiger charge is -2.09. The van der Waals surface area contributed by atoms with E-state index in [2.05, 4.69) is 4.98 Å². The van der Waals surface area contributed by atoms with Crippen molar-refractivity contribution in [1.29, 1.82) is 5.26 Å². The Bertz CT molecular complexity index is 616. The summed E-state index contributed by atoms with van der Waals surface area (Å²) in [5, 5.41) is 8.93. The Balaban J connectivity index is 3.23. The number of H-pyrrole nitrogens is 1. The molecule has 1 heterocycles. The first-order valence-corrected chi connectivity index (χ1v) is 6.43. The highest BCUT2D eigenvalue weighted by Crippen LogP contribution is 2.13. The molecule has 0 bridgehead atoms. The Labute approximate surface area is 121 Å². The Morgan fingerprint density at radius 3 is 2.55 bits per heavy atom. The number of aromatic nitrogens is 1. The van der Waals surface area contributed by atoms with Gasteiger partial charge in [-0.15, -0.1) is 0 Å². The van der Waals surface area contributed by atoms with E-state index in [0.717, 1.165) is 0 Å². The van der Waals surface area contributed by atoms with Crippen LogP contribution in [0.5, 0.6) is 0 Å². The molecule has 7 heteroatoms. The second-order valence-corrected chi connectivity index (χ2v) is 4.13. The van der Waals surface area contributed by atoms with Crippen LogP contribution in [-0.2, 0) is 20.7 Å². The van der Waals surface area contributed by atoms with Crippen molar-refractivity contribution in [1.82, 2.24) is 4.98 Å². The molecule has 0 aliphatic carbocycles. The van der Waals surface area contributed by atoms with E-state index in [1.54, 1.807) is 13.8 Å². The zero-order chi connectivity index (χ0) is 15.1. The van der Waals surface area contributed by atoms with Gasteiger partial charge in [-0.2, -0.15) is 5.26 Å². The molecule has 0 spiro atoms. The highest BCUT2D eigenvalue weighted by molar-refractivity contribution is 7.71. The molecule has 1 aromatic rings. The summed E-state index contributed by atoms with van der Waals surface area (Å²) in [6.07, 6.45) is -0.142. The van der Waals surface area contributed by atoms with Crippen LogP contribution in [0.15, 0.2) is 6.07 Å². The van der Waals surface area contributed by atoms with E-state index in [0.29, 0.717) is 0 Å². The molecule has 6 nitrogen and oxygen atoms in total. The van der Waals surface area contributed by atoms with Crippen molar-refractivity contribution in [2.45, 2.75) is 20.3 Å². The molecule has 106 valence electrons. The van der Waals surface area contributed by atoms with Crippen LogP contribution in [-0.4, -0.2) is 30.1 Å². The van der Waals surface area contributed by atoms with Gasteiger partial charge in [0.2, 0.25) is 0 Å². The van der Waals surface area contributed by atoms with E-state index < -0.39 is 11.9 Å². The van der Waals surface area contributed by atoms with Crippen molar-refractivity contribution in [3.05, 3.63) is 27.5 Å². The van der Waals surface area contributed by atoms with Crippen LogP contribution in [0.4, 0.5) is 0 Å². The molecule has 0 atom stereocenters. The number of nitrogens with zero attached hydrogens (tertiary/aromatic N) is 1. The fourth-order valence-corrected chi connectivity index (χ4v) is 1.77. The van der Waals surface area contributed by atoms with Crippen molar-refractivity contribution < 1.29 is 19.1 Å². The maximum atomic E-state index is 11.8. The van der Waals surface area contributed by atoms with Gasteiger partial charge in [0.1, 0.15) is 10.7 Å². The third-order valence-electron chi connectivity index (χ3n) is 2.37. The monoisotopic (exact) mass is 294 g/mol. The smallest absolute Gasteiger partial charge is 0.339 e. The van der Waals surface area contributed by atoms with Gasteiger partial charge in [0.05, 0.1) is 30.8 Å². The lowest BCUT2D eigenvalue weighted by Crippen LogP contribution is -2.15. The normalized spacial score (nSPS) is 9.65. The van der Waals surface area contributed by atoms with Crippen molar-refractivity contribution in [2.24, 2.45) is 0 Å². The molecular formula is C13H14N2O4S. The molecule has 1 aromatic heterocycles. The van der Waals surface area contributed by atoms with Crippen LogP contribution in [0.25, 0.3) is 0 Å². The molecule has 0 amide bonds. The highest BCUT2D eigenvalue weighted by Gasteiger charge is 2.18. The predicted molar refractivity (Wildman–Crippen MR) is 72.6 cm³/mol. The predicted octanol–water partition coefficient (Wildman–Crippen LogP) is 1.90. The molecule has 0 saturated carbocycles. The molecule has 0 aromatic carbocycles. The number of rotatable bonds is 5. The van der Waals surface area contributed by atoms with Crippen molar-refractivity contribution in [3.8, 4) is 6.07 Å².